The molecule has 1 amide bonds. The van der Waals surface area contributed by atoms with Crippen LogP contribution in [0.25, 0.3) is 0 Å². The largest absolute Gasteiger partial charge is 0.446 e. The minimum Gasteiger partial charge on any atom is -0.446 e. The number of ether oxygens (including phenoxy) is 1. The summed E-state index contributed by atoms with van der Waals surface area (Å²) in [4.78, 5) is 10.5. The molecule has 2 rings (SSSR count). The number of hydrogen-bond donors (Lipinski definition) is 2. The molecule has 4 atom stereocenters. The number of carbonyl (C=O) groups excluding carboxylic acids is 1. The van der Waals surface area contributed by atoms with Crippen molar-refractivity contribution in [1.82, 2.24) is 0 Å². The van der Waals surface area contributed by atoms with Crippen molar-refractivity contribution in [1.29, 1.82) is 0 Å². The molecule has 0 spiro atoms. The molecule has 68 valence electrons. The Morgan fingerprint density at radius 2 is 2.08 bits per heavy atom. The SMILES string of the molecule is NC(=O)OC1CC2CC1CC2O. The van der Waals surface area contributed by atoms with Gasteiger partial charge in [0.1, 0.15) is 6.10 Å². The number of primary amides is 1. The first-order valence-electron chi connectivity index (χ1n) is 4.31. The van der Waals surface area contributed by atoms with E-state index < -0.39 is 6.09 Å². The van der Waals surface area contributed by atoms with Crippen molar-refractivity contribution in [3.05, 3.63) is 0 Å². The number of hydrogen-bond acceptors (Lipinski definition) is 3. The van der Waals surface area contributed by atoms with Gasteiger partial charge in [-0.25, -0.2) is 4.79 Å². The number of nitrogens with two attached hydrogens (primary N) is 1. The Balaban J connectivity index is 1.94. The fraction of sp³-hybridized carbons (Fsp3) is 0.875. The van der Waals surface area contributed by atoms with E-state index >= 15 is 0 Å². The van der Waals surface area contributed by atoms with E-state index in [1.807, 2.05) is 0 Å². The molecule has 2 bridgehead atoms. The molecule has 4 nitrogen and oxygen atoms in total. The van der Waals surface area contributed by atoms with Crippen molar-refractivity contribution in [3.63, 3.8) is 0 Å². The highest BCUT2D eigenvalue weighted by Crippen LogP contribution is 2.45. The van der Waals surface area contributed by atoms with Crippen LogP contribution in [0, 0.1) is 11.8 Å². The zero-order chi connectivity index (χ0) is 8.72. The Morgan fingerprint density at radius 1 is 1.33 bits per heavy atom. The zero-order valence-corrected chi connectivity index (χ0v) is 6.77. The molecular formula is C8H13NO3. The first-order valence-corrected chi connectivity index (χ1v) is 4.31. The molecule has 4 heteroatoms. The second-order valence-electron chi connectivity index (χ2n) is 3.77. The predicted octanol–water partition coefficient (Wildman–Crippen LogP) is 0.241. The maximum Gasteiger partial charge on any atom is 0.404 e. The second kappa shape index (κ2) is 2.62. The van der Waals surface area contributed by atoms with Crippen LogP contribution >= 0.6 is 0 Å². The van der Waals surface area contributed by atoms with E-state index in [1.165, 1.54) is 0 Å². The van der Waals surface area contributed by atoms with Crippen molar-refractivity contribution < 1.29 is 14.6 Å². The van der Waals surface area contributed by atoms with Gasteiger partial charge in [0.2, 0.25) is 0 Å². The number of aliphatic hydroxyl groups is 1. The predicted molar refractivity (Wildman–Crippen MR) is 41.3 cm³/mol. The van der Waals surface area contributed by atoms with E-state index in [4.69, 9.17) is 10.5 Å². The topological polar surface area (TPSA) is 72.6 Å². The standard InChI is InChI=1S/C8H13NO3/c9-8(11)12-7-3-4-1-5(7)2-6(4)10/h4-7,10H,1-3H2,(H2,9,11). The Kier molecular flexibility index (Phi) is 1.72. The third kappa shape index (κ3) is 1.16. The molecule has 0 heterocycles. The van der Waals surface area contributed by atoms with Crippen LogP contribution in [0.4, 0.5) is 4.79 Å². The van der Waals surface area contributed by atoms with Crippen LogP contribution in [0.1, 0.15) is 19.3 Å². The van der Waals surface area contributed by atoms with Crippen LogP contribution in [-0.2, 0) is 4.74 Å². The fourth-order valence-electron chi connectivity index (χ4n) is 2.49. The fourth-order valence-corrected chi connectivity index (χ4v) is 2.49. The van der Waals surface area contributed by atoms with Crippen molar-refractivity contribution in [2.75, 3.05) is 0 Å². The Morgan fingerprint density at radius 3 is 2.50 bits per heavy atom. The first-order chi connectivity index (χ1) is 5.66. The molecule has 4 unspecified atom stereocenters. The van der Waals surface area contributed by atoms with Crippen LogP contribution < -0.4 is 5.73 Å². The molecule has 0 aliphatic heterocycles. The Labute approximate surface area is 70.7 Å². The van der Waals surface area contributed by atoms with E-state index in [-0.39, 0.29) is 12.2 Å². The molecule has 2 fully saturated rings. The highest BCUT2D eigenvalue weighted by atomic mass is 16.6. The molecule has 2 aliphatic rings. The summed E-state index contributed by atoms with van der Waals surface area (Å²) in [6, 6.07) is 0. The first kappa shape index (κ1) is 7.86. The average Bonchev–Trinajstić information content (AvgIpc) is 2.44. The minimum atomic E-state index is -0.693. The monoisotopic (exact) mass is 171 g/mol. The van der Waals surface area contributed by atoms with Crippen molar-refractivity contribution in [3.8, 4) is 0 Å². The molecule has 0 aromatic rings. The quantitative estimate of drug-likeness (QED) is 0.593. The van der Waals surface area contributed by atoms with Gasteiger partial charge in [-0.2, -0.15) is 0 Å². The third-order valence-electron chi connectivity index (χ3n) is 3.02. The lowest BCUT2D eigenvalue weighted by Gasteiger charge is -2.23. The summed E-state index contributed by atoms with van der Waals surface area (Å²) < 4.78 is 4.92. The summed E-state index contributed by atoms with van der Waals surface area (Å²) in [6.07, 6.45) is 1.64. The molecule has 0 aromatic carbocycles. The van der Waals surface area contributed by atoms with E-state index in [9.17, 15) is 9.90 Å². The maximum absolute atomic E-state index is 10.5. The van der Waals surface area contributed by atoms with Gasteiger partial charge in [-0.1, -0.05) is 0 Å². The summed E-state index contributed by atoms with van der Waals surface area (Å²) in [5.41, 5.74) is 4.92. The summed E-state index contributed by atoms with van der Waals surface area (Å²) in [5.74, 6) is 0.678. The van der Waals surface area contributed by atoms with Gasteiger partial charge in [0.25, 0.3) is 0 Å². The molecular weight excluding hydrogens is 158 g/mol. The van der Waals surface area contributed by atoms with Gasteiger partial charge in [-0.3, -0.25) is 0 Å². The highest BCUT2D eigenvalue weighted by Gasteiger charge is 2.46. The van der Waals surface area contributed by atoms with Gasteiger partial charge >= 0.3 is 6.09 Å². The van der Waals surface area contributed by atoms with Crippen molar-refractivity contribution in [2.45, 2.75) is 31.5 Å². The molecule has 2 aliphatic carbocycles. The van der Waals surface area contributed by atoms with Crippen LogP contribution in [0.3, 0.4) is 0 Å². The number of aliphatic hydroxyl groups excluding tert-OH is 1. The number of fused-ring (bicyclic) bond motifs is 2. The number of amides is 1. The number of carbonyl (C=O) groups is 1. The van der Waals surface area contributed by atoms with E-state index in [0.29, 0.717) is 11.8 Å². The van der Waals surface area contributed by atoms with Gasteiger partial charge in [-0.15, -0.1) is 0 Å². The van der Waals surface area contributed by atoms with Gasteiger partial charge < -0.3 is 15.6 Å². The van der Waals surface area contributed by atoms with Crippen LogP contribution in [0.15, 0.2) is 0 Å². The molecule has 3 N–H and O–H groups in total. The Hall–Kier alpha value is -0.770. The van der Waals surface area contributed by atoms with Crippen molar-refractivity contribution >= 4 is 6.09 Å². The van der Waals surface area contributed by atoms with Crippen LogP contribution in [0.2, 0.25) is 0 Å². The summed E-state index contributed by atoms with van der Waals surface area (Å²) in [6.45, 7) is 0. The molecule has 12 heavy (non-hydrogen) atoms. The molecule has 0 radical (unpaired) electrons. The molecule has 0 aromatic heterocycles. The normalized spacial score (nSPS) is 44.8. The third-order valence-corrected chi connectivity index (χ3v) is 3.02. The average molecular weight is 171 g/mol. The van der Waals surface area contributed by atoms with Crippen LogP contribution in [0.5, 0.6) is 0 Å². The van der Waals surface area contributed by atoms with Gasteiger partial charge in [0.05, 0.1) is 6.10 Å². The molecule has 0 saturated heterocycles. The van der Waals surface area contributed by atoms with Gasteiger partial charge in [0, 0.05) is 0 Å². The second-order valence-corrected chi connectivity index (χ2v) is 3.77. The smallest absolute Gasteiger partial charge is 0.404 e. The molecule has 2 saturated carbocycles. The summed E-state index contributed by atoms with van der Waals surface area (Å²) in [7, 11) is 0. The van der Waals surface area contributed by atoms with Crippen LogP contribution in [-0.4, -0.2) is 23.4 Å². The lowest BCUT2D eigenvalue weighted by atomic mass is 9.95. The van der Waals surface area contributed by atoms with E-state index in [2.05, 4.69) is 0 Å². The zero-order valence-electron chi connectivity index (χ0n) is 6.77. The van der Waals surface area contributed by atoms with Gasteiger partial charge in [-0.05, 0) is 31.1 Å². The van der Waals surface area contributed by atoms with Gasteiger partial charge in [0.15, 0.2) is 0 Å². The maximum atomic E-state index is 10.5. The Bertz CT molecular complexity index is 204. The van der Waals surface area contributed by atoms with E-state index in [1.54, 1.807) is 0 Å². The lowest BCUT2D eigenvalue weighted by Crippen LogP contribution is -2.31. The minimum absolute atomic E-state index is 0.0316. The summed E-state index contributed by atoms with van der Waals surface area (Å²) >= 11 is 0. The van der Waals surface area contributed by atoms with Crippen molar-refractivity contribution in [2.24, 2.45) is 17.6 Å². The summed E-state index contributed by atoms with van der Waals surface area (Å²) in [5, 5.41) is 9.40. The number of rotatable bonds is 1. The lowest BCUT2D eigenvalue weighted by molar-refractivity contribution is 0.0302. The highest BCUT2D eigenvalue weighted by molar-refractivity contribution is 5.64. The van der Waals surface area contributed by atoms with E-state index in [0.717, 1.165) is 19.3 Å².